The molecule has 0 spiro atoms. The molecule has 1 aromatic carbocycles. The average molecular weight is 299 g/mol. The largest absolute Gasteiger partial charge is 0.389 e. The second kappa shape index (κ2) is 6.22. The van der Waals surface area contributed by atoms with Crippen molar-refractivity contribution >= 4 is 28.6 Å². The summed E-state index contributed by atoms with van der Waals surface area (Å²) >= 11 is 5.23. The van der Waals surface area contributed by atoms with Crippen LogP contribution in [0.5, 0.6) is 0 Å². The van der Waals surface area contributed by atoms with Crippen LogP contribution in [0.3, 0.4) is 0 Å². The van der Waals surface area contributed by atoms with E-state index >= 15 is 0 Å². The molecule has 3 nitrogen and oxygen atoms in total. The Morgan fingerprint density at radius 1 is 1.19 bits per heavy atom. The Bertz CT molecular complexity index is 662. The number of nitrogens with zero attached hydrogens (tertiary/aromatic N) is 2. The van der Waals surface area contributed by atoms with Crippen LogP contribution in [-0.2, 0) is 0 Å². The Hall–Kier alpha value is -1.94. The topological polar surface area (TPSA) is 42.2 Å². The van der Waals surface area contributed by atoms with Crippen molar-refractivity contribution in [2.24, 2.45) is 5.73 Å². The number of pyridine rings is 1. The van der Waals surface area contributed by atoms with E-state index in [9.17, 15) is 0 Å². The quantitative estimate of drug-likeness (QED) is 0.872. The van der Waals surface area contributed by atoms with Crippen molar-refractivity contribution in [3.05, 3.63) is 52.8 Å². The van der Waals surface area contributed by atoms with E-state index in [1.54, 1.807) is 0 Å². The van der Waals surface area contributed by atoms with Crippen LogP contribution in [0.25, 0.3) is 0 Å². The van der Waals surface area contributed by atoms with Gasteiger partial charge in [-0.15, -0.1) is 0 Å². The zero-order valence-corrected chi connectivity index (χ0v) is 13.8. The van der Waals surface area contributed by atoms with Gasteiger partial charge in [0.15, 0.2) is 0 Å². The number of aromatic nitrogens is 1. The standard InChI is InChI=1S/C17H21N3S/c1-5-20(14-8-6-11(2)7-9-14)15-10-12(3)19-13(4)16(15)17(18)21/h6-10H,5H2,1-4H3,(H2,18,21). The lowest BCUT2D eigenvalue weighted by molar-refractivity contribution is 1.00. The minimum absolute atomic E-state index is 0.389. The van der Waals surface area contributed by atoms with E-state index in [0.29, 0.717) is 4.99 Å². The average Bonchev–Trinajstić information content (AvgIpc) is 2.40. The van der Waals surface area contributed by atoms with Crippen LogP contribution in [0.4, 0.5) is 11.4 Å². The number of nitrogens with two attached hydrogens (primary N) is 1. The summed E-state index contributed by atoms with van der Waals surface area (Å²) in [6.07, 6.45) is 0. The molecule has 2 rings (SSSR count). The van der Waals surface area contributed by atoms with Crippen molar-refractivity contribution < 1.29 is 0 Å². The maximum absolute atomic E-state index is 5.92. The monoisotopic (exact) mass is 299 g/mol. The molecule has 0 amide bonds. The number of hydrogen-bond donors (Lipinski definition) is 1. The molecule has 0 saturated heterocycles. The second-order valence-corrected chi connectivity index (χ2v) is 5.63. The lowest BCUT2D eigenvalue weighted by atomic mass is 10.1. The van der Waals surface area contributed by atoms with Gasteiger partial charge in [-0.05, 0) is 45.9 Å². The first-order valence-electron chi connectivity index (χ1n) is 7.06. The molecule has 0 aliphatic rings. The van der Waals surface area contributed by atoms with E-state index in [1.165, 1.54) is 5.56 Å². The molecular weight excluding hydrogens is 278 g/mol. The summed E-state index contributed by atoms with van der Waals surface area (Å²) in [5, 5.41) is 0. The summed E-state index contributed by atoms with van der Waals surface area (Å²) in [6.45, 7) is 8.98. The number of rotatable bonds is 4. The van der Waals surface area contributed by atoms with Crippen molar-refractivity contribution in [1.82, 2.24) is 4.98 Å². The van der Waals surface area contributed by atoms with Gasteiger partial charge in [0.2, 0.25) is 0 Å². The van der Waals surface area contributed by atoms with Gasteiger partial charge in [-0.25, -0.2) is 0 Å². The molecule has 0 radical (unpaired) electrons. The third-order valence-electron chi connectivity index (χ3n) is 3.51. The first kappa shape index (κ1) is 15.4. The minimum Gasteiger partial charge on any atom is -0.389 e. The molecule has 2 N–H and O–H groups in total. The first-order chi connectivity index (χ1) is 9.93. The predicted molar refractivity (Wildman–Crippen MR) is 93.5 cm³/mol. The second-order valence-electron chi connectivity index (χ2n) is 5.19. The molecule has 0 unspecified atom stereocenters. The maximum Gasteiger partial charge on any atom is 0.107 e. The zero-order valence-electron chi connectivity index (χ0n) is 13.0. The third kappa shape index (κ3) is 3.22. The molecule has 0 atom stereocenters. The summed E-state index contributed by atoms with van der Waals surface area (Å²) in [5.74, 6) is 0. The molecule has 4 heteroatoms. The van der Waals surface area contributed by atoms with Crippen LogP contribution in [0.2, 0.25) is 0 Å². The lowest BCUT2D eigenvalue weighted by Crippen LogP contribution is -2.23. The number of anilines is 2. The van der Waals surface area contributed by atoms with Gasteiger partial charge in [0, 0.05) is 23.6 Å². The van der Waals surface area contributed by atoms with Crippen molar-refractivity contribution in [2.75, 3.05) is 11.4 Å². The van der Waals surface area contributed by atoms with Crippen LogP contribution in [-0.4, -0.2) is 16.5 Å². The highest BCUT2D eigenvalue weighted by molar-refractivity contribution is 7.80. The van der Waals surface area contributed by atoms with Gasteiger partial charge in [0.1, 0.15) is 4.99 Å². The molecule has 0 aliphatic heterocycles. The summed E-state index contributed by atoms with van der Waals surface area (Å²) in [4.78, 5) is 7.09. The highest BCUT2D eigenvalue weighted by Gasteiger charge is 2.17. The van der Waals surface area contributed by atoms with E-state index in [2.05, 4.69) is 48.0 Å². The van der Waals surface area contributed by atoms with E-state index in [4.69, 9.17) is 18.0 Å². The van der Waals surface area contributed by atoms with Crippen molar-refractivity contribution in [3.63, 3.8) is 0 Å². The van der Waals surface area contributed by atoms with Crippen LogP contribution >= 0.6 is 12.2 Å². The molecule has 110 valence electrons. The molecule has 1 heterocycles. The molecule has 1 aromatic heterocycles. The van der Waals surface area contributed by atoms with Crippen LogP contribution < -0.4 is 10.6 Å². The summed E-state index contributed by atoms with van der Waals surface area (Å²) in [7, 11) is 0. The van der Waals surface area contributed by atoms with Crippen molar-refractivity contribution in [1.29, 1.82) is 0 Å². The van der Waals surface area contributed by atoms with Crippen LogP contribution in [0.15, 0.2) is 30.3 Å². The predicted octanol–water partition coefficient (Wildman–Crippen LogP) is 3.80. The Labute approximate surface area is 131 Å². The molecule has 0 bridgehead atoms. The van der Waals surface area contributed by atoms with Gasteiger partial charge in [-0.2, -0.15) is 0 Å². The number of aryl methyl sites for hydroxylation is 3. The van der Waals surface area contributed by atoms with E-state index in [1.807, 2.05) is 19.9 Å². The van der Waals surface area contributed by atoms with Gasteiger partial charge >= 0.3 is 0 Å². The highest BCUT2D eigenvalue weighted by Crippen LogP contribution is 2.30. The molecule has 21 heavy (non-hydrogen) atoms. The number of benzene rings is 1. The fourth-order valence-corrected chi connectivity index (χ4v) is 2.79. The van der Waals surface area contributed by atoms with Gasteiger partial charge in [0.05, 0.1) is 11.3 Å². The van der Waals surface area contributed by atoms with E-state index < -0.39 is 0 Å². The highest BCUT2D eigenvalue weighted by atomic mass is 32.1. The molecular formula is C17H21N3S. The summed E-state index contributed by atoms with van der Waals surface area (Å²) in [6, 6.07) is 10.5. The minimum atomic E-state index is 0.389. The van der Waals surface area contributed by atoms with Crippen molar-refractivity contribution in [2.45, 2.75) is 27.7 Å². The zero-order chi connectivity index (χ0) is 15.6. The number of thiocarbonyl (C=S) groups is 1. The van der Waals surface area contributed by atoms with E-state index in [0.717, 1.165) is 34.9 Å². The van der Waals surface area contributed by atoms with Gasteiger partial charge in [-0.1, -0.05) is 29.9 Å². The third-order valence-corrected chi connectivity index (χ3v) is 3.71. The normalized spacial score (nSPS) is 10.5. The summed E-state index contributed by atoms with van der Waals surface area (Å²) in [5.41, 5.74) is 12.0. The van der Waals surface area contributed by atoms with E-state index in [-0.39, 0.29) is 0 Å². The Kier molecular flexibility index (Phi) is 4.58. The van der Waals surface area contributed by atoms with Gasteiger partial charge in [-0.3, -0.25) is 4.98 Å². The number of hydrogen-bond acceptors (Lipinski definition) is 3. The fourth-order valence-electron chi connectivity index (χ4n) is 2.54. The van der Waals surface area contributed by atoms with Crippen LogP contribution in [0, 0.1) is 20.8 Å². The van der Waals surface area contributed by atoms with Gasteiger partial charge < -0.3 is 10.6 Å². The Morgan fingerprint density at radius 2 is 1.81 bits per heavy atom. The Balaban J connectivity index is 2.61. The SMILES string of the molecule is CCN(c1ccc(C)cc1)c1cc(C)nc(C)c1C(N)=S. The maximum atomic E-state index is 5.92. The first-order valence-corrected chi connectivity index (χ1v) is 7.47. The fraction of sp³-hybridized carbons (Fsp3) is 0.294. The van der Waals surface area contributed by atoms with Gasteiger partial charge in [0.25, 0.3) is 0 Å². The molecule has 0 saturated carbocycles. The van der Waals surface area contributed by atoms with Crippen molar-refractivity contribution in [3.8, 4) is 0 Å². The summed E-state index contributed by atoms with van der Waals surface area (Å²) < 4.78 is 0. The lowest BCUT2D eigenvalue weighted by Gasteiger charge is -2.27. The van der Waals surface area contributed by atoms with Crippen LogP contribution in [0.1, 0.15) is 29.4 Å². The smallest absolute Gasteiger partial charge is 0.107 e. The molecule has 2 aromatic rings. The Morgan fingerprint density at radius 3 is 2.33 bits per heavy atom. The molecule has 0 aliphatic carbocycles. The molecule has 0 fully saturated rings.